The Morgan fingerprint density at radius 1 is 1.32 bits per heavy atom. The predicted octanol–water partition coefficient (Wildman–Crippen LogP) is 1.13. The van der Waals surface area contributed by atoms with E-state index in [4.69, 9.17) is 4.74 Å². The maximum Gasteiger partial charge on any atom is 0.321 e. The van der Waals surface area contributed by atoms with Crippen LogP contribution in [0.4, 0.5) is 0 Å². The Morgan fingerprint density at radius 2 is 2.00 bits per heavy atom. The lowest BCUT2D eigenvalue weighted by molar-refractivity contribution is -0.139. The van der Waals surface area contributed by atoms with Crippen molar-refractivity contribution in [1.29, 1.82) is 0 Å². The van der Waals surface area contributed by atoms with Gasteiger partial charge in [0, 0.05) is 6.04 Å². The van der Waals surface area contributed by atoms with Crippen LogP contribution in [0.1, 0.15) is 40.0 Å². The summed E-state index contributed by atoms with van der Waals surface area (Å²) in [6.07, 6.45) is 2.50. The van der Waals surface area contributed by atoms with Gasteiger partial charge in [0.2, 0.25) is 0 Å². The first kappa shape index (κ1) is 16.4. The van der Waals surface area contributed by atoms with Gasteiger partial charge in [0.05, 0.1) is 11.9 Å². The monoisotopic (exact) mass is 291 g/mol. The maximum absolute atomic E-state index is 12.4. The summed E-state index contributed by atoms with van der Waals surface area (Å²) in [4.78, 5) is 11.4. The minimum atomic E-state index is -3.45. The highest BCUT2D eigenvalue weighted by Gasteiger charge is 2.38. The Bertz CT molecular complexity index is 393. The summed E-state index contributed by atoms with van der Waals surface area (Å²) in [6, 6.07) is -0.0411. The molecular formula is C13H25NO4S. The summed E-state index contributed by atoms with van der Waals surface area (Å²) in [5.41, 5.74) is 0. The van der Waals surface area contributed by atoms with Crippen LogP contribution in [-0.2, 0) is 19.4 Å². The second-order valence-corrected chi connectivity index (χ2v) is 7.45. The van der Waals surface area contributed by atoms with E-state index in [1.165, 1.54) is 0 Å². The number of carbonyl (C=O) groups is 1. The fraction of sp³-hybridized carbons (Fsp3) is 0.923. The number of rotatable bonds is 6. The summed E-state index contributed by atoms with van der Waals surface area (Å²) in [5, 5.41) is 2.76. The number of esters is 1. The minimum Gasteiger partial charge on any atom is -0.465 e. The first-order valence-corrected chi connectivity index (χ1v) is 8.72. The van der Waals surface area contributed by atoms with Gasteiger partial charge in [-0.1, -0.05) is 13.8 Å². The molecule has 0 heterocycles. The van der Waals surface area contributed by atoms with Crippen molar-refractivity contribution in [1.82, 2.24) is 5.32 Å². The van der Waals surface area contributed by atoms with E-state index in [0.29, 0.717) is 12.3 Å². The smallest absolute Gasteiger partial charge is 0.321 e. The van der Waals surface area contributed by atoms with E-state index in [-0.39, 0.29) is 12.6 Å². The first-order chi connectivity index (χ1) is 8.90. The van der Waals surface area contributed by atoms with Gasteiger partial charge >= 0.3 is 5.97 Å². The second-order valence-electron chi connectivity index (χ2n) is 5.23. The Kier molecular flexibility index (Phi) is 6.26. The van der Waals surface area contributed by atoms with Gasteiger partial charge in [0.1, 0.15) is 5.75 Å². The normalized spacial score (nSPS) is 28.1. The number of carbonyl (C=O) groups excluding carboxylic acids is 1. The van der Waals surface area contributed by atoms with Crippen LogP contribution in [0.2, 0.25) is 0 Å². The molecule has 3 unspecified atom stereocenters. The van der Waals surface area contributed by atoms with Gasteiger partial charge in [-0.25, -0.2) is 8.42 Å². The van der Waals surface area contributed by atoms with Crippen molar-refractivity contribution in [2.75, 3.05) is 18.9 Å². The molecule has 1 rings (SSSR count). The number of ether oxygens (including phenoxy) is 1. The van der Waals surface area contributed by atoms with Crippen molar-refractivity contribution in [2.45, 2.75) is 51.3 Å². The molecule has 3 atom stereocenters. The van der Waals surface area contributed by atoms with Crippen molar-refractivity contribution in [2.24, 2.45) is 5.92 Å². The van der Waals surface area contributed by atoms with Gasteiger partial charge in [-0.2, -0.15) is 0 Å². The van der Waals surface area contributed by atoms with Gasteiger partial charge in [0.25, 0.3) is 0 Å². The van der Waals surface area contributed by atoms with E-state index in [0.717, 1.165) is 19.4 Å². The Labute approximate surface area is 116 Å². The molecule has 1 aliphatic rings. The van der Waals surface area contributed by atoms with Crippen LogP contribution in [0.3, 0.4) is 0 Å². The van der Waals surface area contributed by atoms with Crippen molar-refractivity contribution in [3.8, 4) is 0 Å². The topological polar surface area (TPSA) is 72.5 Å². The highest BCUT2D eigenvalue weighted by Crippen LogP contribution is 2.29. The van der Waals surface area contributed by atoms with Crippen LogP contribution in [0, 0.1) is 5.92 Å². The van der Waals surface area contributed by atoms with E-state index in [9.17, 15) is 13.2 Å². The molecular weight excluding hydrogens is 266 g/mol. The standard InChI is InChI=1S/C13H25NO4S/c1-4-14-11-7-6-10(3)8-12(11)19(16,17)9-13(15)18-5-2/h10-12,14H,4-9H2,1-3H3. The molecule has 1 saturated carbocycles. The van der Waals surface area contributed by atoms with E-state index in [1.54, 1.807) is 6.92 Å². The molecule has 0 aromatic rings. The SMILES string of the molecule is CCNC1CCC(C)CC1S(=O)(=O)CC(=O)OCC. The molecule has 0 spiro atoms. The number of nitrogens with one attached hydrogen (secondary N) is 1. The molecule has 1 fully saturated rings. The highest BCUT2D eigenvalue weighted by molar-refractivity contribution is 7.92. The van der Waals surface area contributed by atoms with Crippen LogP contribution in [0.5, 0.6) is 0 Å². The van der Waals surface area contributed by atoms with Crippen LogP contribution < -0.4 is 5.32 Å². The molecule has 0 saturated heterocycles. The number of sulfone groups is 1. The summed E-state index contributed by atoms with van der Waals surface area (Å²) < 4.78 is 29.5. The third-order valence-corrected chi connectivity index (χ3v) is 5.69. The molecule has 1 N–H and O–H groups in total. The zero-order valence-corrected chi connectivity index (χ0v) is 12.8. The maximum atomic E-state index is 12.4. The lowest BCUT2D eigenvalue weighted by Crippen LogP contribution is -2.49. The largest absolute Gasteiger partial charge is 0.465 e. The van der Waals surface area contributed by atoms with E-state index in [1.807, 2.05) is 6.92 Å². The van der Waals surface area contributed by atoms with Crippen LogP contribution in [0.15, 0.2) is 0 Å². The lowest BCUT2D eigenvalue weighted by atomic mass is 9.87. The molecule has 0 bridgehead atoms. The Balaban J connectivity index is 2.79. The molecule has 1 aliphatic carbocycles. The Morgan fingerprint density at radius 3 is 2.58 bits per heavy atom. The van der Waals surface area contributed by atoms with Gasteiger partial charge in [-0.15, -0.1) is 0 Å². The van der Waals surface area contributed by atoms with E-state index in [2.05, 4.69) is 12.2 Å². The molecule has 0 amide bonds. The second kappa shape index (κ2) is 7.24. The molecule has 0 aromatic carbocycles. The molecule has 0 aliphatic heterocycles. The van der Waals surface area contributed by atoms with Gasteiger partial charge in [-0.05, 0) is 38.6 Å². The first-order valence-electron chi connectivity index (χ1n) is 7.01. The molecule has 0 aromatic heterocycles. The fourth-order valence-corrected chi connectivity index (χ4v) is 4.68. The van der Waals surface area contributed by atoms with E-state index >= 15 is 0 Å². The zero-order chi connectivity index (χ0) is 14.5. The van der Waals surface area contributed by atoms with Crippen LogP contribution in [-0.4, -0.2) is 44.6 Å². The van der Waals surface area contributed by atoms with Gasteiger partial charge < -0.3 is 10.1 Å². The third kappa shape index (κ3) is 4.76. The molecule has 5 nitrogen and oxygen atoms in total. The average molecular weight is 291 g/mol. The summed E-state index contributed by atoms with van der Waals surface area (Å²) in [7, 11) is -3.45. The van der Waals surface area contributed by atoms with Crippen LogP contribution >= 0.6 is 0 Å². The Hall–Kier alpha value is -0.620. The zero-order valence-electron chi connectivity index (χ0n) is 12.0. The predicted molar refractivity (Wildman–Crippen MR) is 74.7 cm³/mol. The van der Waals surface area contributed by atoms with Crippen molar-refractivity contribution < 1.29 is 17.9 Å². The van der Waals surface area contributed by atoms with Crippen molar-refractivity contribution >= 4 is 15.8 Å². The lowest BCUT2D eigenvalue weighted by Gasteiger charge is -2.34. The van der Waals surface area contributed by atoms with Gasteiger partial charge in [0.15, 0.2) is 9.84 Å². The summed E-state index contributed by atoms with van der Waals surface area (Å²) >= 11 is 0. The van der Waals surface area contributed by atoms with Gasteiger partial charge in [-0.3, -0.25) is 4.79 Å². The van der Waals surface area contributed by atoms with Crippen LogP contribution in [0.25, 0.3) is 0 Å². The van der Waals surface area contributed by atoms with Crippen molar-refractivity contribution in [3.05, 3.63) is 0 Å². The summed E-state index contributed by atoms with van der Waals surface area (Å²) in [6.45, 7) is 6.66. The fourth-order valence-electron chi connectivity index (χ4n) is 2.70. The summed E-state index contributed by atoms with van der Waals surface area (Å²) in [5.74, 6) is -0.756. The van der Waals surface area contributed by atoms with Crippen molar-refractivity contribution in [3.63, 3.8) is 0 Å². The van der Waals surface area contributed by atoms with E-state index < -0.39 is 26.8 Å². The quantitative estimate of drug-likeness (QED) is 0.743. The molecule has 112 valence electrons. The number of hydrogen-bond acceptors (Lipinski definition) is 5. The third-order valence-electron chi connectivity index (χ3n) is 3.61. The average Bonchev–Trinajstić information content (AvgIpc) is 2.31. The number of hydrogen-bond donors (Lipinski definition) is 1. The molecule has 6 heteroatoms. The molecule has 0 radical (unpaired) electrons. The highest BCUT2D eigenvalue weighted by atomic mass is 32.2. The minimum absolute atomic E-state index is 0.0411. The molecule has 19 heavy (non-hydrogen) atoms.